The fraction of sp³-hybridized carbons (Fsp3) is 0.0909. The topological polar surface area (TPSA) is 46.0 Å². The molecule has 0 bridgehead atoms. The molecule has 0 aliphatic carbocycles. The second-order valence-electron chi connectivity index (χ2n) is 5.87. The first-order chi connectivity index (χ1) is 12.8. The number of hydrazone groups is 1. The van der Waals surface area contributed by atoms with Crippen LogP contribution in [0.25, 0.3) is 0 Å². The molecule has 1 N–H and O–H groups in total. The number of ether oxygens (including phenoxy) is 1. The van der Waals surface area contributed by atoms with Crippen molar-refractivity contribution in [3.8, 4) is 5.75 Å². The molecule has 0 amide bonds. The zero-order valence-corrected chi connectivity index (χ0v) is 14.5. The summed E-state index contributed by atoms with van der Waals surface area (Å²) in [6.07, 6.45) is 0. The Morgan fingerprint density at radius 1 is 0.808 bits per heavy atom. The van der Waals surface area contributed by atoms with E-state index in [9.17, 15) is 0 Å². The highest BCUT2D eigenvalue weighted by Crippen LogP contribution is 2.26. The van der Waals surface area contributed by atoms with Gasteiger partial charge in [0.1, 0.15) is 5.75 Å². The maximum atomic E-state index is 5.54. The second kappa shape index (κ2) is 7.23. The lowest BCUT2D eigenvalue weighted by Gasteiger charge is -2.09. The number of rotatable bonds is 4. The summed E-state index contributed by atoms with van der Waals surface area (Å²) in [5.41, 5.74) is 7.90. The van der Waals surface area contributed by atoms with Gasteiger partial charge in [-0.15, -0.1) is 0 Å². The largest absolute Gasteiger partial charge is 0.494 e. The third-order valence-electron chi connectivity index (χ3n) is 4.15. The van der Waals surface area contributed by atoms with Gasteiger partial charge in [-0.25, -0.2) is 4.99 Å². The smallest absolute Gasteiger partial charge is 0.154 e. The van der Waals surface area contributed by atoms with Gasteiger partial charge in [0.15, 0.2) is 5.84 Å². The van der Waals surface area contributed by atoms with Gasteiger partial charge in [-0.1, -0.05) is 48.5 Å². The van der Waals surface area contributed by atoms with Crippen LogP contribution in [0.4, 0.5) is 5.69 Å². The molecule has 4 nitrogen and oxygen atoms in total. The molecule has 0 aromatic heterocycles. The molecule has 0 radical (unpaired) electrons. The summed E-state index contributed by atoms with van der Waals surface area (Å²) in [4.78, 5) is 4.80. The van der Waals surface area contributed by atoms with E-state index < -0.39 is 0 Å². The first-order valence-electron chi connectivity index (χ1n) is 8.65. The molecule has 3 aromatic carbocycles. The van der Waals surface area contributed by atoms with Gasteiger partial charge in [0.2, 0.25) is 0 Å². The predicted octanol–water partition coefficient (Wildman–Crippen LogP) is 4.52. The van der Waals surface area contributed by atoms with Gasteiger partial charge in [-0.3, -0.25) is 5.43 Å². The van der Waals surface area contributed by atoms with E-state index in [1.807, 2.05) is 85.8 Å². The Kier molecular flexibility index (Phi) is 4.48. The second-order valence-corrected chi connectivity index (χ2v) is 5.87. The Labute approximate surface area is 152 Å². The van der Waals surface area contributed by atoms with Crippen molar-refractivity contribution in [2.75, 3.05) is 6.61 Å². The number of aliphatic imine (C=N–C) groups is 1. The maximum absolute atomic E-state index is 5.54. The molecule has 4 heteroatoms. The Balaban J connectivity index is 1.77. The van der Waals surface area contributed by atoms with Crippen molar-refractivity contribution in [3.63, 3.8) is 0 Å². The molecule has 26 heavy (non-hydrogen) atoms. The normalized spacial score (nSPS) is 13.0. The van der Waals surface area contributed by atoms with Crippen molar-refractivity contribution in [2.45, 2.75) is 6.92 Å². The molecule has 0 saturated heterocycles. The van der Waals surface area contributed by atoms with Crippen LogP contribution in [0.15, 0.2) is 89.0 Å². The summed E-state index contributed by atoms with van der Waals surface area (Å²) < 4.78 is 5.54. The quantitative estimate of drug-likeness (QED) is 0.758. The molecule has 1 aliphatic rings. The van der Waals surface area contributed by atoms with Crippen LogP contribution in [-0.2, 0) is 0 Å². The molecule has 1 heterocycles. The summed E-state index contributed by atoms with van der Waals surface area (Å²) >= 11 is 0. The minimum absolute atomic E-state index is 0.652. The van der Waals surface area contributed by atoms with Crippen molar-refractivity contribution in [1.29, 1.82) is 0 Å². The maximum Gasteiger partial charge on any atom is 0.154 e. The van der Waals surface area contributed by atoms with Gasteiger partial charge >= 0.3 is 0 Å². The SMILES string of the molecule is CCOc1ccc(C2=NNC(c3ccccc3)=Nc3ccccc32)cc1. The molecule has 0 unspecified atom stereocenters. The van der Waals surface area contributed by atoms with Gasteiger partial charge in [0.05, 0.1) is 18.0 Å². The van der Waals surface area contributed by atoms with Crippen LogP contribution in [0.2, 0.25) is 0 Å². The molecule has 4 rings (SSSR count). The van der Waals surface area contributed by atoms with E-state index in [4.69, 9.17) is 9.73 Å². The number of nitrogens with one attached hydrogen (secondary N) is 1. The molecule has 0 saturated carbocycles. The van der Waals surface area contributed by atoms with Crippen LogP contribution in [0.5, 0.6) is 5.75 Å². The Bertz CT molecular complexity index is 960. The molecule has 0 fully saturated rings. The fourth-order valence-electron chi connectivity index (χ4n) is 2.91. The first kappa shape index (κ1) is 16.1. The van der Waals surface area contributed by atoms with E-state index in [2.05, 4.69) is 10.5 Å². The highest BCUT2D eigenvalue weighted by Gasteiger charge is 2.16. The standard InChI is InChI=1S/C22H19N3O/c1-2-26-18-14-12-16(13-15-18)21-19-10-6-7-11-20(19)23-22(25-24-21)17-8-4-3-5-9-17/h3-15H,2H2,1H3,(H,23,25). The van der Waals surface area contributed by atoms with Crippen LogP contribution in [0, 0.1) is 0 Å². The molecule has 0 spiro atoms. The fourth-order valence-corrected chi connectivity index (χ4v) is 2.91. The van der Waals surface area contributed by atoms with Gasteiger partial charge in [0.25, 0.3) is 0 Å². The highest BCUT2D eigenvalue weighted by molar-refractivity contribution is 6.17. The number of fused-ring (bicyclic) bond motifs is 1. The van der Waals surface area contributed by atoms with Gasteiger partial charge < -0.3 is 4.74 Å². The molecule has 1 aliphatic heterocycles. The van der Waals surface area contributed by atoms with E-state index in [0.717, 1.165) is 39.7 Å². The minimum Gasteiger partial charge on any atom is -0.494 e. The van der Waals surface area contributed by atoms with Crippen LogP contribution in [0.3, 0.4) is 0 Å². The van der Waals surface area contributed by atoms with E-state index in [1.165, 1.54) is 0 Å². The van der Waals surface area contributed by atoms with E-state index >= 15 is 0 Å². The van der Waals surface area contributed by atoms with Crippen molar-refractivity contribution < 1.29 is 4.74 Å². The van der Waals surface area contributed by atoms with E-state index in [0.29, 0.717) is 6.61 Å². The van der Waals surface area contributed by atoms with Gasteiger partial charge in [0, 0.05) is 16.7 Å². The van der Waals surface area contributed by atoms with E-state index in [1.54, 1.807) is 0 Å². The number of hydrogen-bond donors (Lipinski definition) is 1. The van der Waals surface area contributed by atoms with Crippen molar-refractivity contribution in [2.24, 2.45) is 10.1 Å². The summed E-state index contributed by atoms with van der Waals surface area (Å²) in [7, 11) is 0. The minimum atomic E-state index is 0.652. The number of amidine groups is 1. The van der Waals surface area contributed by atoms with Crippen molar-refractivity contribution >= 4 is 17.2 Å². The molecular formula is C22H19N3O. The Morgan fingerprint density at radius 3 is 2.31 bits per heavy atom. The lowest BCUT2D eigenvalue weighted by molar-refractivity contribution is 0.340. The van der Waals surface area contributed by atoms with Crippen molar-refractivity contribution in [1.82, 2.24) is 5.43 Å². The molecule has 128 valence electrons. The summed E-state index contributed by atoms with van der Waals surface area (Å²) in [5.74, 6) is 1.59. The zero-order valence-electron chi connectivity index (χ0n) is 14.5. The number of hydrogen-bond acceptors (Lipinski definition) is 4. The lowest BCUT2D eigenvalue weighted by Crippen LogP contribution is -2.19. The average molecular weight is 341 g/mol. The molecular weight excluding hydrogens is 322 g/mol. The first-order valence-corrected chi connectivity index (χ1v) is 8.65. The lowest BCUT2D eigenvalue weighted by atomic mass is 10.0. The summed E-state index contributed by atoms with van der Waals surface area (Å²) in [5, 5.41) is 4.66. The van der Waals surface area contributed by atoms with Crippen LogP contribution in [-0.4, -0.2) is 18.2 Å². The van der Waals surface area contributed by atoms with E-state index in [-0.39, 0.29) is 0 Å². The van der Waals surface area contributed by atoms with Gasteiger partial charge in [-0.2, -0.15) is 5.10 Å². The van der Waals surface area contributed by atoms with Gasteiger partial charge in [-0.05, 0) is 37.3 Å². The summed E-state index contributed by atoms with van der Waals surface area (Å²) in [6.45, 7) is 2.63. The third-order valence-corrected chi connectivity index (χ3v) is 4.15. The zero-order chi connectivity index (χ0) is 17.8. The molecule has 3 aromatic rings. The van der Waals surface area contributed by atoms with Crippen LogP contribution in [0.1, 0.15) is 23.6 Å². The van der Waals surface area contributed by atoms with Crippen LogP contribution >= 0.6 is 0 Å². The number of benzene rings is 3. The number of nitrogens with zero attached hydrogens (tertiary/aromatic N) is 2. The highest BCUT2D eigenvalue weighted by atomic mass is 16.5. The molecule has 0 atom stereocenters. The average Bonchev–Trinajstić information content (AvgIpc) is 2.89. The predicted molar refractivity (Wildman–Crippen MR) is 105 cm³/mol. The van der Waals surface area contributed by atoms with Crippen molar-refractivity contribution in [3.05, 3.63) is 95.6 Å². The Morgan fingerprint density at radius 2 is 1.54 bits per heavy atom. The monoisotopic (exact) mass is 341 g/mol. The summed E-state index contributed by atoms with van der Waals surface area (Å²) in [6, 6.07) is 26.0. The van der Waals surface area contributed by atoms with Crippen LogP contribution < -0.4 is 10.2 Å². The number of para-hydroxylation sites is 1. The third kappa shape index (κ3) is 3.22. The Hall–Kier alpha value is -3.40.